The van der Waals surface area contributed by atoms with E-state index in [0.717, 1.165) is 29.7 Å². The number of phenolic OH excluding ortho intramolecular Hbond substituents is 1. The highest BCUT2D eigenvalue weighted by Gasteiger charge is 2.18. The van der Waals surface area contributed by atoms with E-state index in [-0.39, 0.29) is 0 Å². The third kappa shape index (κ3) is 2.00. The van der Waals surface area contributed by atoms with Gasteiger partial charge in [-0.05, 0) is 44.4 Å². The molecule has 0 amide bonds. The van der Waals surface area contributed by atoms with Crippen molar-refractivity contribution in [3.63, 3.8) is 0 Å². The van der Waals surface area contributed by atoms with Gasteiger partial charge in [0.15, 0.2) is 0 Å². The number of rotatable bonds is 1. The molecule has 1 fully saturated rings. The fraction of sp³-hybridized carbons (Fsp3) is 0.538. The fourth-order valence-corrected chi connectivity index (χ4v) is 2.22. The Morgan fingerprint density at radius 1 is 1.27 bits per heavy atom. The standard InChI is InChI=1S/C13H19NO/c1-9-6-7-11(13(15)10(9)2)12-5-3-4-8-14-12/h6-7,12,14-15H,3-5,8H2,1-2H3. The summed E-state index contributed by atoms with van der Waals surface area (Å²) < 4.78 is 0. The van der Waals surface area contributed by atoms with Crippen molar-refractivity contribution in [1.82, 2.24) is 5.32 Å². The zero-order valence-corrected chi connectivity index (χ0v) is 9.51. The summed E-state index contributed by atoms with van der Waals surface area (Å²) in [6, 6.07) is 4.50. The van der Waals surface area contributed by atoms with Crippen molar-refractivity contribution >= 4 is 0 Å². The van der Waals surface area contributed by atoms with E-state index in [0.29, 0.717) is 11.8 Å². The van der Waals surface area contributed by atoms with Crippen molar-refractivity contribution in [3.8, 4) is 5.75 Å². The van der Waals surface area contributed by atoms with Gasteiger partial charge in [-0.1, -0.05) is 18.6 Å². The summed E-state index contributed by atoms with van der Waals surface area (Å²) in [4.78, 5) is 0. The van der Waals surface area contributed by atoms with Gasteiger partial charge in [-0.3, -0.25) is 0 Å². The molecule has 1 unspecified atom stereocenters. The van der Waals surface area contributed by atoms with E-state index in [4.69, 9.17) is 0 Å². The molecule has 1 saturated heterocycles. The molecule has 0 saturated carbocycles. The van der Waals surface area contributed by atoms with Crippen molar-refractivity contribution in [3.05, 3.63) is 28.8 Å². The Balaban J connectivity index is 2.31. The lowest BCUT2D eigenvalue weighted by Gasteiger charge is -2.25. The van der Waals surface area contributed by atoms with E-state index in [1.807, 2.05) is 13.8 Å². The molecule has 82 valence electrons. The Kier molecular flexibility index (Phi) is 2.96. The molecule has 0 spiro atoms. The first-order chi connectivity index (χ1) is 7.20. The van der Waals surface area contributed by atoms with Crippen LogP contribution >= 0.6 is 0 Å². The molecule has 0 bridgehead atoms. The maximum Gasteiger partial charge on any atom is 0.123 e. The first-order valence-electron chi connectivity index (χ1n) is 5.72. The molecular weight excluding hydrogens is 186 g/mol. The quantitative estimate of drug-likeness (QED) is 0.739. The van der Waals surface area contributed by atoms with Gasteiger partial charge in [-0.2, -0.15) is 0 Å². The average molecular weight is 205 g/mol. The summed E-state index contributed by atoms with van der Waals surface area (Å²) in [5.41, 5.74) is 3.24. The zero-order valence-electron chi connectivity index (χ0n) is 9.51. The summed E-state index contributed by atoms with van der Waals surface area (Å²) in [5, 5.41) is 13.6. The number of piperidine rings is 1. The number of phenols is 1. The molecule has 1 heterocycles. The molecule has 2 heteroatoms. The van der Waals surface area contributed by atoms with Crippen LogP contribution in [-0.4, -0.2) is 11.7 Å². The molecule has 1 aliphatic heterocycles. The van der Waals surface area contributed by atoms with Gasteiger partial charge < -0.3 is 10.4 Å². The molecule has 0 radical (unpaired) electrons. The highest BCUT2D eigenvalue weighted by molar-refractivity contribution is 5.45. The van der Waals surface area contributed by atoms with E-state index < -0.39 is 0 Å². The molecule has 1 atom stereocenters. The van der Waals surface area contributed by atoms with Gasteiger partial charge in [0.1, 0.15) is 5.75 Å². The van der Waals surface area contributed by atoms with Gasteiger partial charge in [-0.15, -0.1) is 0 Å². The second-order valence-electron chi connectivity index (χ2n) is 4.45. The lowest BCUT2D eigenvalue weighted by atomic mass is 9.94. The van der Waals surface area contributed by atoms with Crippen LogP contribution in [0.1, 0.15) is 42.0 Å². The van der Waals surface area contributed by atoms with Crippen LogP contribution in [0.5, 0.6) is 5.75 Å². The van der Waals surface area contributed by atoms with Crippen LogP contribution < -0.4 is 5.32 Å². The van der Waals surface area contributed by atoms with Crippen LogP contribution in [0, 0.1) is 13.8 Å². The Hall–Kier alpha value is -1.02. The normalized spacial score (nSPS) is 21.6. The van der Waals surface area contributed by atoms with E-state index >= 15 is 0 Å². The molecule has 0 aliphatic carbocycles. The van der Waals surface area contributed by atoms with Crippen LogP contribution in [-0.2, 0) is 0 Å². The number of aryl methyl sites for hydroxylation is 1. The molecule has 2 nitrogen and oxygen atoms in total. The third-order valence-corrected chi connectivity index (χ3v) is 3.42. The lowest BCUT2D eigenvalue weighted by Crippen LogP contribution is -2.26. The molecule has 15 heavy (non-hydrogen) atoms. The molecule has 2 N–H and O–H groups in total. The minimum Gasteiger partial charge on any atom is -0.507 e. The molecule has 1 aromatic carbocycles. The van der Waals surface area contributed by atoms with Crippen LogP contribution in [0.2, 0.25) is 0 Å². The number of nitrogens with one attached hydrogen (secondary N) is 1. The summed E-state index contributed by atoms with van der Waals surface area (Å²) >= 11 is 0. The number of hydrogen-bond donors (Lipinski definition) is 2. The van der Waals surface area contributed by atoms with Crippen molar-refractivity contribution in [1.29, 1.82) is 0 Å². The SMILES string of the molecule is Cc1ccc(C2CCCCN2)c(O)c1C. The summed E-state index contributed by atoms with van der Waals surface area (Å²) in [7, 11) is 0. The van der Waals surface area contributed by atoms with E-state index in [9.17, 15) is 5.11 Å². The third-order valence-electron chi connectivity index (χ3n) is 3.42. The fourth-order valence-electron chi connectivity index (χ4n) is 2.22. The number of aromatic hydroxyl groups is 1. The van der Waals surface area contributed by atoms with Gasteiger partial charge in [0.2, 0.25) is 0 Å². The van der Waals surface area contributed by atoms with Gasteiger partial charge in [-0.25, -0.2) is 0 Å². The second kappa shape index (κ2) is 4.23. The predicted octanol–water partition coefficient (Wildman–Crippen LogP) is 2.82. The highest BCUT2D eigenvalue weighted by Crippen LogP contribution is 2.33. The summed E-state index contributed by atoms with van der Waals surface area (Å²) in [6.07, 6.45) is 3.64. The van der Waals surface area contributed by atoms with E-state index in [1.54, 1.807) is 0 Å². The zero-order chi connectivity index (χ0) is 10.8. The number of benzene rings is 1. The maximum absolute atomic E-state index is 10.1. The Labute approximate surface area is 91.3 Å². The lowest BCUT2D eigenvalue weighted by molar-refractivity contribution is 0.389. The number of hydrogen-bond acceptors (Lipinski definition) is 2. The minimum atomic E-state index is 0.345. The van der Waals surface area contributed by atoms with Gasteiger partial charge >= 0.3 is 0 Å². The Morgan fingerprint density at radius 2 is 2.07 bits per heavy atom. The van der Waals surface area contributed by atoms with Crippen molar-refractivity contribution < 1.29 is 5.11 Å². The van der Waals surface area contributed by atoms with E-state index in [1.165, 1.54) is 12.8 Å². The molecule has 2 rings (SSSR count). The Bertz CT molecular complexity index is 354. The largest absolute Gasteiger partial charge is 0.507 e. The average Bonchev–Trinajstić information content (AvgIpc) is 2.27. The van der Waals surface area contributed by atoms with Crippen molar-refractivity contribution in [2.75, 3.05) is 6.54 Å². The first-order valence-corrected chi connectivity index (χ1v) is 5.72. The molecule has 1 aromatic rings. The maximum atomic E-state index is 10.1. The highest BCUT2D eigenvalue weighted by atomic mass is 16.3. The first kappa shape index (κ1) is 10.5. The minimum absolute atomic E-state index is 0.345. The van der Waals surface area contributed by atoms with Crippen molar-refractivity contribution in [2.45, 2.75) is 39.2 Å². The van der Waals surface area contributed by atoms with Crippen LogP contribution in [0.25, 0.3) is 0 Å². The van der Waals surface area contributed by atoms with Gasteiger partial charge in [0.25, 0.3) is 0 Å². The summed E-state index contributed by atoms with van der Waals surface area (Å²) in [6.45, 7) is 5.08. The van der Waals surface area contributed by atoms with Crippen LogP contribution in [0.15, 0.2) is 12.1 Å². The molecule has 1 aliphatic rings. The van der Waals surface area contributed by atoms with Crippen molar-refractivity contribution in [2.24, 2.45) is 0 Å². The topological polar surface area (TPSA) is 32.3 Å². The van der Waals surface area contributed by atoms with Crippen LogP contribution in [0.4, 0.5) is 0 Å². The van der Waals surface area contributed by atoms with Gasteiger partial charge in [0.05, 0.1) is 0 Å². The second-order valence-corrected chi connectivity index (χ2v) is 4.45. The van der Waals surface area contributed by atoms with E-state index in [2.05, 4.69) is 17.4 Å². The predicted molar refractivity (Wildman–Crippen MR) is 62.2 cm³/mol. The monoisotopic (exact) mass is 205 g/mol. The smallest absolute Gasteiger partial charge is 0.123 e. The summed E-state index contributed by atoms with van der Waals surface area (Å²) in [5.74, 6) is 0.481. The van der Waals surface area contributed by atoms with Gasteiger partial charge in [0, 0.05) is 11.6 Å². The molecule has 0 aromatic heterocycles. The molecular formula is C13H19NO. The van der Waals surface area contributed by atoms with Crippen LogP contribution in [0.3, 0.4) is 0 Å². The Morgan fingerprint density at radius 3 is 2.73 bits per heavy atom.